The van der Waals surface area contributed by atoms with Gasteiger partial charge in [0.2, 0.25) is 5.91 Å². The van der Waals surface area contributed by atoms with Gasteiger partial charge in [-0.1, -0.05) is 301 Å². The predicted molar refractivity (Wildman–Crippen MR) is 433 cm³/mol. The van der Waals surface area contributed by atoms with E-state index in [0.29, 0.717) is 12.8 Å². The van der Waals surface area contributed by atoms with Gasteiger partial charge in [-0.25, -0.2) is 0 Å². The zero-order valence-corrected chi connectivity index (χ0v) is 66.3. The molecule has 0 aromatic carbocycles. The van der Waals surface area contributed by atoms with Gasteiger partial charge in [0.05, 0.1) is 38.6 Å². The van der Waals surface area contributed by atoms with Crippen molar-refractivity contribution >= 4 is 5.91 Å². The summed E-state index contributed by atoms with van der Waals surface area (Å²) in [5.41, 5.74) is 0. The highest BCUT2D eigenvalue weighted by Crippen LogP contribution is 2.33. The maximum Gasteiger partial charge on any atom is 0.220 e. The second-order valence-corrected chi connectivity index (χ2v) is 29.2. The molecule has 3 fully saturated rings. The zero-order valence-electron chi connectivity index (χ0n) is 66.3. The minimum Gasteiger partial charge on any atom is -0.394 e. The van der Waals surface area contributed by atoms with E-state index in [2.05, 4.69) is 153 Å². The molecule has 3 rings (SSSR count). The van der Waals surface area contributed by atoms with Crippen LogP contribution in [0.5, 0.6) is 0 Å². The molecular weight excluding hydrogens is 1370 g/mol. The molecule has 3 heterocycles. The van der Waals surface area contributed by atoms with Gasteiger partial charge in [-0.3, -0.25) is 4.79 Å². The number of amides is 1. The van der Waals surface area contributed by atoms with Crippen molar-refractivity contribution in [2.45, 2.75) is 381 Å². The SMILES string of the molecule is CC/C=C\C/C=C\C/C=C\C/C=C\C/C=C\C/C=C\C/C=C\C/C=C\C/C=C\CCCCCCCC(=O)NC(COC1OC(CO)C(OC2OC(CO)C(OC3OC(CO)C(O)C(O)C3O)C(O)C2O)C(O)C1O)C(O)/C=C/CC/C=C/CC/C=C/CCCCCCCCCCCCCCCCCCCCCC. The smallest absolute Gasteiger partial charge is 0.220 e. The summed E-state index contributed by atoms with van der Waals surface area (Å²) < 4.78 is 34.4. The first-order chi connectivity index (χ1) is 52.8. The molecule has 0 spiro atoms. The minimum atomic E-state index is -1.99. The fourth-order valence-corrected chi connectivity index (χ4v) is 13.2. The second-order valence-electron chi connectivity index (χ2n) is 29.2. The normalized spacial score (nSPS) is 26.2. The third kappa shape index (κ3) is 46.0. The first-order valence-corrected chi connectivity index (χ1v) is 42.1. The van der Waals surface area contributed by atoms with E-state index in [9.17, 15) is 61.0 Å². The molecule has 0 bridgehead atoms. The topological polar surface area (TPSA) is 307 Å². The fourth-order valence-electron chi connectivity index (χ4n) is 13.2. The van der Waals surface area contributed by atoms with Crippen LogP contribution in [-0.4, -0.2) is 193 Å². The van der Waals surface area contributed by atoms with Crippen molar-refractivity contribution in [1.29, 1.82) is 0 Å². The van der Waals surface area contributed by atoms with Crippen LogP contribution < -0.4 is 5.32 Å². The lowest BCUT2D eigenvalue weighted by molar-refractivity contribution is -0.379. The van der Waals surface area contributed by atoms with Gasteiger partial charge < -0.3 is 89.9 Å². The number of hydrogen-bond donors (Lipinski definition) is 12. The van der Waals surface area contributed by atoms with Crippen LogP contribution in [0.3, 0.4) is 0 Å². The largest absolute Gasteiger partial charge is 0.394 e. The van der Waals surface area contributed by atoms with Crippen LogP contribution in [0.25, 0.3) is 0 Å². The Morgan fingerprint density at radius 1 is 0.343 bits per heavy atom. The number of aliphatic hydroxyl groups excluding tert-OH is 11. The Kier molecular flexibility index (Phi) is 60.9. The Bertz CT molecular complexity index is 2520. The molecule has 0 saturated carbocycles. The third-order valence-electron chi connectivity index (χ3n) is 19.8. The summed E-state index contributed by atoms with van der Waals surface area (Å²) in [6, 6.07) is -1.02. The molecule has 19 nitrogen and oxygen atoms in total. The van der Waals surface area contributed by atoms with Crippen LogP contribution in [0.2, 0.25) is 0 Å². The van der Waals surface area contributed by atoms with Crippen molar-refractivity contribution in [3.63, 3.8) is 0 Å². The highest BCUT2D eigenvalue weighted by molar-refractivity contribution is 5.76. The van der Waals surface area contributed by atoms with E-state index >= 15 is 0 Å². The van der Waals surface area contributed by atoms with E-state index in [4.69, 9.17) is 28.4 Å². The Hall–Kier alpha value is -4.33. The van der Waals surface area contributed by atoms with E-state index in [0.717, 1.165) is 116 Å². The van der Waals surface area contributed by atoms with Crippen LogP contribution >= 0.6 is 0 Å². The summed E-state index contributed by atoms with van der Waals surface area (Å²) in [6.45, 7) is 1.59. The van der Waals surface area contributed by atoms with Gasteiger partial charge in [0.15, 0.2) is 18.9 Å². The molecule has 12 N–H and O–H groups in total. The first kappa shape index (κ1) is 97.9. The lowest BCUT2D eigenvalue weighted by Crippen LogP contribution is -2.66. The van der Waals surface area contributed by atoms with Gasteiger partial charge in [-0.2, -0.15) is 0 Å². The predicted octanol–water partition coefficient (Wildman–Crippen LogP) is 15.0. The van der Waals surface area contributed by atoms with Gasteiger partial charge in [0, 0.05) is 6.42 Å². The molecule has 0 aliphatic carbocycles. The molecule has 17 atom stereocenters. The molecule has 1 amide bonds. The average Bonchev–Trinajstić information content (AvgIpc) is 0.779. The molecular formula is C89H149NO18. The number of unbranched alkanes of at least 4 members (excludes halogenated alkanes) is 27. The van der Waals surface area contributed by atoms with Gasteiger partial charge in [0.1, 0.15) is 73.2 Å². The molecule has 618 valence electrons. The monoisotopic (exact) mass is 1520 g/mol. The van der Waals surface area contributed by atoms with E-state index in [-0.39, 0.29) is 18.9 Å². The molecule has 3 aliphatic rings. The molecule has 3 aliphatic heterocycles. The molecule has 0 radical (unpaired) electrons. The Morgan fingerprint density at radius 2 is 0.648 bits per heavy atom. The van der Waals surface area contributed by atoms with Crippen molar-refractivity contribution in [3.8, 4) is 0 Å². The maximum absolute atomic E-state index is 13.5. The summed E-state index contributed by atoms with van der Waals surface area (Å²) in [6.07, 6.45) is 71.2. The number of rotatable bonds is 65. The van der Waals surface area contributed by atoms with Crippen LogP contribution in [-0.2, 0) is 33.2 Å². The number of aliphatic hydroxyl groups is 11. The van der Waals surface area contributed by atoms with E-state index < -0.39 is 124 Å². The Balaban J connectivity index is 1.40. The van der Waals surface area contributed by atoms with Crippen LogP contribution in [0.1, 0.15) is 277 Å². The number of allylic oxidation sites excluding steroid dienone is 23. The van der Waals surface area contributed by atoms with Crippen molar-refractivity contribution < 1.29 is 89.4 Å². The van der Waals surface area contributed by atoms with Crippen LogP contribution in [0.15, 0.2) is 146 Å². The van der Waals surface area contributed by atoms with Gasteiger partial charge in [-0.15, -0.1) is 0 Å². The molecule has 3 saturated heterocycles. The van der Waals surface area contributed by atoms with Crippen molar-refractivity contribution in [1.82, 2.24) is 5.32 Å². The van der Waals surface area contributed by atoms with Gasteiger partial charge in [0.25, 0.3) is 0 Å². The van der Waals surface area contributed by atoms with Crippen molar-refractivity contribution in [2.24, 2.45) is 0 Å². The average molecular weight is 1520 g/mol. The summed E-state index contributed by atoms with van der Waals surface area (Å²) in [4.78, 5) is 13.5. The summed E-state index contributed by atoms with van der Waals surface area (Å²) in [5, 5.41) is 121. The molecule has 17 unspecified atom stereocenters. The van der Waals surface area contributed by atoms with Crippen LogP contribution in [0, 0.1) is 0 Å². The van der Waals surface area contributed by atoms with Gasteiger partial charge in [-0.05, 0) is 116 Å². The summed E-state index contributed by atoms with van der Waals surface area (Å²) >= 11 is 0. The first-order valence-electron chi connectivity index (χ1n) is 42.1. The second kappa shape index (κ2) is 67.2. The number of nitrogens with one attached hydrogen (secondary N) is 1. The quantitative estimate of drug-likeness (QED) is 0.0199. The van der Waals surface area contributed by atoms with E-state index in [1.807, 2.05) is 6.08 Å². The highest BCUT2D eigenvalue weighted by Gasteiger charge is 2.54. The lowest BCUT2D eigenvalue weighted by atomic mass is 9.96. The van der Waals surface area contributed by atoms with Crippen molar-refractivity contribution in [3.05, 3.63) is 146 Å². The number of hydrogen-bond acceptors (Lipinski definition) is 18. The van der Waals surface area contributed by atoms with Crippen LogP contribution in [0.4, 0.5) is 0 Å². The highest BCUT2D eigenvalue weighted by atomic mass is 16.8. The van der Waals surface area contributed by atoms with Gasteiger partial charge >= 0.3 is 0 Å². The number of carbonyl (C=O) groups excluding carboxylic acids is 1. The molecule has 19 heteroatoms. The molecule has 0 aromatic rings. The lowest BCUT2D eigenvalue weighted by Gasteiger charge is -2.48. The molecule has 0 aromatic heterocycles. The third-order valence-corrected chi connectivity index (χ3v) is 19.8. The number of carbonyl (C=O) groups is 1. The summed E-state index contributed by atoms with van der Waals surface area (Å²) in [7, 11) is 0. The maximum atomic E-state index is 13.5. The zero-order chi connectivity index (χ0) is 78.1. The van der Waals surface area contributed by atoms with E-state index in [1.54, 1.807) is 6.08 Å². The van der Waals surface area contributed by atoms with Crippen molar-refractivity contribution in [2.75, 3.05) is 26.4 Å². The fraction of sp³-hybridized carbons (Fsp3) is 0.719. The number of ether oxygens (including phenoxy) is 6. The summed E-state index contributed by atoms with van der Waals surface area (Å²) in [5.74, 6) is -0.313. The van der Waals surface area contributed by atoms with E-state index in [1.165, 1.54) is 128 Å². The Labute approximate surface area is 651 Å². The minimum absolute atomic E-state index is 0.199. The Morgan fingerprint density at radius 3 is 1.04 bits per heavy atom. The standard InChI is InChI=1S/C89H149NO18/c1-3-5-7-9-11-13-15-17-19-21-23-25-27-29-31-33-35-36-37-39-41-43-45-47-49-51-53-55-57-59-61-63-65-67-77(95)90-72(73(94)66-64-62-60-58-56-54-52-50-48-46-44-42-40-38-34-32-30-28-26-24-22-20-18-16-14-12-10-8-6-4-2)71-103-87-83(101)80(98)85(75(69-92)105-87)108-89-84(102)81(99)86(76(70-93)106-89)107-88-82(100)79(97)78(96)74(68-91)104-88/h5,7,11,13,17,19,23,25,29,31,35-36,39,41,45,47-48,50-51,53,56,58,64,66,72-76,78-89,91-94,96-102H,3-4,6,8-10,12,14-16,18,20-22,24,26-28,30,32-34,37-38,40,42-44,46,49,52,54-55,57,59-63,65,67-71H2,1-2H3,(H,90,95)/b7-5-,13-11-,19-17-,25-23-,31-29-,36-35-,41-39-,47-45-,50-48+,53-51-,58-56+,66-64+. The molecule has 108 heavy (non-hydrogen) atoms.